The quantitative estimate of drug-likeness (QED) is 0.451. The Labute approximate surface area is 116 Å². The second-order valence-corrected chi connectivity index (χ2v) is 4.35. The lowest BCUT2D eigenvalue weighted by molar-refractivity contribution is -0.136. The third-order valence-corrected chi connectivity index (χ3v) is 2.89. The Kier molecular flexibility index (Phi) is 5.44. The van der Waals surface area contributed by atoms with Crippen molar-refractivity contribution < 1.29 is 14.3 Å². The zero-order chi connectivity index (χ0) is 14.2. The van der Waals surface area contributed by atoms with Gasteiger partial charge in [-0.05, 0) is 13.0 Å². The number of hydrogen-bond donors (Lipinski definition) is 3. The minimum absolute atomic E-state index is 0.151. The van der Waals surface area contributed by atoms with Crippen LogP contribution in [-0.2, 0) is 14.3 Å². The van der Waals surface area contributed by atoms with Gasteiger partial charge in [-0.2, -0.15) is 10.1 Å². The number of aromatic nitrogens is 3. The number of H-pyrrole nitrogens is 1. The van der Waals surface area contributed by atoms with Crippen molar-refractivity contribution in [1.82, 2.24) is 25.4 Å². The predicted molar refractivity (Wildman–Crippen MR) is 69.9 cm³/mol. The molecule has 0 aliphatic carbocycles. The Bertz CT molecular complexity index is 429. The lowest BCUT2D eigenvalue weighted by Crippen LogP contribution is -2.40. The second-order valence-electron chi connectivity index (χ2n) is 4.35. The van der Waals surface area contributed by atoms with E-state index in [0.29, 0.717) is 6.54 Å². The summed E-state index contributed by atoms with van der Waals surface area (Å²) in [6.07, 6.45) is 2.04. The SMILES string of the molecule is O=C(NCCCN1CCOCC1)C(=O)Nc1ncn[nH]1. The topological polar surface area (TPSA) is 112 Å². The Hall–Kier alpha value is -2.00. The molecule has 110 valence electrons. The molecule has 9 nitrogen and oxygen atoms in total. The van der Waals surface area contributed by atoms with Crippen molar-refractivity contribution in [3.05, 3.63) is 6.33 Å². The van der Waals surface area contributed by atoms with Crippen LogP contribution in [0, 0.1) is 0 Å². The zero-order valence-corrected chi connectivity index (χ0v) is 11.1. The number of nitrogens with one attached hydrogen (secondary N) is 3. The number of hydrogen-bond acceptors (Lipinski definition) is 6. The summed E-state index contributed by atoms with van der Waals surface area (Å²) in [7, 11) is 0. The minimum atomic E-state index is -0.756. The Morgan fingerprint density at radius 3 is 2.85 bits per heavy atom. The van der Waals surface area contributed by atoms with E-state index in [1.807, 2.05) is 0 Å². The molecule has 1 aliphatic heterocycles. The maximum Gasteiger partial charge on any atom is 0.316 e. The van der Waals surface area contributed by atoms with Crippen LogP contribution in [0.4, 0.5) is 5.95 Å². The van der Waals surface area contributed by atoms with E-state index in [2.05, 4.69) is 30.7 Å². The molecule has 0 spiro atoms. The molecule has 3 N–H and O–H groups in total. The lowest BCUT2D eigenvalue weighted by Gasteiger charge is -2.26. The van der Waals surface area contributed by atoms with Crippen LogP contribution in [0.3, 0.4) is 0 Å². The van der Waals surface area contributed by atoms with Crippen molar-refractivity contribution in [3.8, 4) is 0 Å². The molecule has 1 saturated heterocycles. The second kappa shape index (κ2) is 7.56. The molecule has 2 rings (SSSR count). The van der Waals surface area contributed by atoms with Crippen molar-refractivity contribution in [2.45, 2.75) is 6.42 Å². The summed E-state index contributed by atoms with van der Waals surface area (Å²) in [5.74, 6) is -1.28. The predicted octanol–water partition coefficient (Wildman–Crippen LogP) is -1.42. The third-order valence-electron chi connectivity index (χ3n) is 2.89. The summed E-state index contributed by atoms with van der Waals surface area (Å²) >= 11 is 0. The first-order chi connectivity index (χ1) is 9.75. The maximum absolute atomic E-state index is 11.5. The van der Waals surface area contributed by atoms with Gasteiger partial charge in [0.25, 0.3) is 0 Å². The summed E-state index contributed by atoms with van der Waals surface area (Å²) in [6.45, 7) is 4.69. The fraction of sp³-hybridized carbons (Fsp3) is 0.636. The molecule has 0 bridgehead atoms. The highest BCUT2D eigenvalue weighted by molar-refractivity contribution is 6.39. The minimum Gasteiger partial charge on any atom is -0.379 e. The van der Waals surface area contributed by atoms with E-state index in [1.165, 1.54) is 6.33 Å². The molecule has 0 saturated carbocycles. The fourth-order valence-corrected chi connectivity index (χ4v) is 1.84. The number of nitrogens with zero attached hydrogens (tertiary/aromatic N) is 3. The molecule has 0 aromatic carbocycles. The summed E-state index contributed by atoms with van der Waals surface area (Å²) < 4.78 is 5.25. The number of carbonyl (C=O) groups is 2. The first kappa shape index (κ1) is 14.4. The van der Waals surface area contributed by atoms with Gasteiger partial charge in [-0.25, -0.2) is 5.10 Å². The van der Waals surface area contributed by atoms with Gasteiger partial charge in [-0.15, -0.1) is 0 Å². The highest BCUT2D eigenvalue weighted by Gasteiger charge is 2.14. The van der Waals surface area contributed by atoms with Crippen LogP contribution >= 0.6 is 0 Å². The molecule has 2 heterocycles. The van der Waals surface area contributed by atoms with E-state index in [9.17, 15) is 9.59 Å². The molecule has 1 aromatic heterocycles. The number of aromatic amines is 1. The summed E-state index contributed by atoms with van der Waals surface area (Å²) in [5.41, 5.74) is 0. The van der Waals surface area contributed by atoms with Crippen LogP contribution in [-0.4, -0.2) is 71.3 Å². The Morgan fingerprint density at radius 1 is 1.35 bits per heavy atom. The first-order valence-electron chi connectivity index (χ1n) is 6.50. The number of ether oxygens (including phenoxy) is 1. The van der Waals surface area contributed by atoms with Crippen molar-refractivity contribution in [1.29, 1.82) is 0 Å². The van der Waals surface area contributed by atoms with Crippen LogP contribution in [0.5, 0.6) is 0 Å². The van der Waals surface area contributed by atoms with Gasteiger partial charge in [0.15, 0.2) is 0 Å². The van der Waals surface area contributed by atoms with Crippen LogP contribution in [0.1, 0.15) is 6.42 Å². The summed E-state index contributed by atoms with van der Waals surface area (Å²) in [6, 6.07) is 0. The van der Waals surface area contributed by atoms with Gasteiger partial charge in [0.05, 0.1) is 13.2 Å². The highest BCUT2D eigenvalue weighted by atomic mass is 16.5. The van der Waals surface area contributed by atoms with Crippen molar-refractivity contribution >= 4 is 17.8 Å². The highest BCUT2D eigenvalue weighted by Crippen LogP contribution is 1.97. The first-order valence-corrected chi connectivity index (χ1v) is 6.50. The zero-order valence-electron chi connectivity index (χ0n) is 11.1. The normalized spacial score (nSPS) is 15.8. The monoisotopic (exact) mass is 282 g/mol. The Balaban J connectivity index is 1.58. The van der Waals surface area contributed by atoms with Crippen LogP contribution in [0.15, 0.2) is 6.33 Å². The van der Waals surface area contributed by atoms with Crippen LogP contribution in [0.2, 0.25) is 0 Å². The lowest BCUT2D eigenvalue weighted by atomic mass is 10.3. The molecule has 20 heavy (non-hydrogen) atoms. The molecule has 1 fully saturated rings. The van der Waals surface area contributed by atoms with Crippen molar-refractivity contribution in [2.24, 2.45) is 0 Å². The number of morpholine rings is 1. The molecular weight excluding hydrogens is 264 g/mol. The largest absolute Gasteiger partial charge is 0.379 e. The van der Waals surface area contributed by atoms with Gasteiger partial charge in [0.2, 0.25) is 5.95 Å². The van der Waals surface area contributed by atoms with Crippen LogP contribution in [0.25, 0.3) is 0 Å². The van der Waals surface area contributed by atoms with E-state index in [4.69, 9.17) is 4.74 Å². The summed E-state index contributed by atoms with van der Waals surface area (Å²) in [4.78, 5) is 28.9. The van der Waals surface area contributed by atoms with E-state index in [0.717, 1.165) is 39.3 Å². The number of rotatable bonds is 5. The van der Waals surface area contributed by atoms with E-state index in [1.54, 1.807) is 0 Å². The molecule has 1 aromatic rings. The standard InChI is InChI=1S/C11H18N6O3/c18-9(10(19)15-11-13-8-14-16-11)12-2-1-3-17-4-6-20-7-5-17/h8H,1-7H2,(H,12,18)(H2,13,14,15,16,19). The third kappa shape index (κ3) is 4.59. The maximum atomic E-state index is 11.5. The Morgan fingerprint density at radius 2 is 2.15 bits per heavy atom. The van der Waals surface area contributed by atoms with E-state index < -0.39 is 11.8 Å². The average molecular weight is 282 g/mol. The van der Waals surface area contributed by atoms with Crippen LogP contribution < -0.4 is 10.6 Å². The van der Waals surface area contributed by atoms with Gasteiger partial charge < -0.3 is 10.1 Å². The molecule has 2 amide bonds. The molecule has 0 unspecified atom stereocenters. The van der Waals surface area contributed by atoms with Gasteiger partial charge in [0, 0.05) is 19.6 Å². The van der Waals surface area contributed by atoms with Crippen molar-refractivity contribution in [3.63, 3.8) is 0 Å². The molecule has 0 radical (unpaired) electrons. The van der Waals surface area contributed by atoms with E-state index >= 15 is 0 Å². The average Bonchev–Trinajstić information content (AvgIpc) is 2.97. The van der Waals surface area contributed by atoms with Gasteiger partial charge in [0.1, 0.15) is 6.33 Å². The summed E-state index contributed by atoms with van der Waals surface area (Å²) in [5, 5.41) is 10.9. The molecule has 0 atom stereocenters. The number of amides is 2. The van der Waals surface area contributed by atoms with Gasteiger partial charge in [-0.1, -0.05) is 0 Å². The number of anilines is 1. The number of carbonyl (C=O) groups excluding carboxylic acids is 2. The molecular formula is C11H18N6O3. The van der Waals surface area contributed by atoms with Crippen molar-refractivity contribution in [2.75, 3.05) is 44.7 Å². The smallest absolute Gasteiger partial charge is 0.316 e. The van der Waals surface area contributed by atoms with E-state index in [-0.39, 0.29) is 5.95 Å². The molecule has 1 aliphatic rings. The van der Waals surface area contributed by atoms with Gasteiger partial charge >= 0.3 is 11.8 Å². The fourth-order valence-electron chi connectivity index (χ4n) is 1.84. The molecule has 9 heteroatoms. The van der Waals surface area contributed by atoms with Gasteiger partial charge in [-0.3, -0.25) is 19.8 Å².